The van der Waals surface area contributed by atoms with E-state index in [1.54, 1.807) is 38.3 Å². The highest BCUT2D eigenvalue weighted by atomic mass is 79.9. The van der Waals surface area contributed by atoms with Crippen LogP contribution in [0, 0.1) is 0 Å². The lowest BCUT2D eigenvalue weighted by Crippen LogP contribution is -2.26. The van der Waals surface area contributed by atoms with Crippen molar-refractivity contribution in [3.8, 4) is 5.75 Å². The Morgan fingerprint density at radius 2 is 2.00 bits per heavy atom. The summed E-state index contributed by atoms with van der Waals surface area (Å²) in [4.78, 5) is 30.3. The van der Waals surface area contributed by atoms with Crippen molar-refractivity contribution in [2.45, 2.75) is 58.0 Å². The zero-order valence-electron chi connectivity index (χ0n) is 20.0. The Bertz CT molecular complexity index is 1350. The van der Waals surface area contributed by atoms with E-state index < -0.39 is 12.1 Å². The summed E-state index contributed by atoms with van der Waals surface area (Å²) in [6, 6.07) is 8.94. The smallest absolute Gasteiger partial charge is 0.347 e. The highest BCUT2D eigenvalue weighted by Gasteiger charge is 2.23. The van der Waals surface area contributed by atoms with Gasteiger partial charge in [0.2, 0.25) is 0 Å². The quantitative estimate of drug-likeness (QED) is 0.209. The van der Waals surface area contributed by atoms with Crippen LogP contribution in [-0.4, -0.2) is 34.6 Å². The van der Waals surface area contributed by atoms with Crippen molar-refractivity contribution in [2.75, 3.05) is 6.61 Å². The van der Waals surface area contributed by atoms with Gasteiger partial charge in [-0.1, -0.05) is 46.8 Å². The number of hydrogen-bond donors (Lipinski definition) is 0. The average molecular weight is 640 g/mol. The number of aromatic nitrogens is 2. The monoisotopic (exact) mass is 637 g/mol. The van der Waals surface area contributed by atoms with Crippen LogP contribution < -0.4 is 10.3 Å². The van der Waals surface area contributed by atoms with Gasteiger partial charge < -0.3 is 9.47 Å². The fourth-order valence-corrected chi connectivity index (χ4v) is 5.60. The van der Waals surface area contributed by atoms with Gasteiger partial charge in [0.15, 0.2) is 11.9 Å². The van der Waals surface area contributed by atoms with Crippen molar-refractivity contribution >= 4 is 66.5 Å². The van der Waals surface area contributed by atoms with Crippen LogP contribution in [0.5, 0.6) is 5.75 Å². The molecule has 1 aliphatic rings. The number of carbonyl (C=O) groups excluding carboxylic acids is 1. The van der Waals surface area contributed by atoms with E-state index in [0.717, 1.165) is 30.2 Å². The third kappa shape index (κ3) is 6.01. The molecular formula is C26H26Br2ClN3O4. The molecule has 36 heavy (non-hydrogen) atoms. The van der Waals surface area contributed by atoms with Gasteiger partial charge in [-0.25, -0.2) is 9.78 Å². The molecule has 1 saturated carbocycles. The molecule has 10 heteroatoms. The number of benzene rings is 2. The van der Waals surface area contributed by atoms with Crippen molar-refractivity contribution in [1.82, 2.24) is 9.66 Å². The van der Waals surface area contributed by atoms with Gasteiger partial charge in [0, 0.05) is 10.4 Å². The lowest BCUT2D eigenvalue weighted by molar-refractivity contribution is -0.150. The Kier molecular flexibility index (Phi) is 8.85. The lowest BCUT2D eigenvalue weighted by atomic mass is 9.88. The first kappa shape index (κ1) is 26.8. The summed E-state index contributed by atoms with van der Waals surface area (Å²) in [5, 5.41) is 5.35. The Balaban J connectivity index is 1.70. The molecule has 0 saturated heterocycles. The van der Waals surface area contributed by atoms with Gasteiger partial charge in [-0.05, 0) is 78.5 Å². The van der Waals surface area contributed by atoms with Crippen LogP contribution in [0.2, 0.25) is 5.02 Å². The van der Waals surface area contributed by atoms with Crippen molar-refractivity contribution in [1.29, 1.82) is 0 Å². The number of nitrogens with zero attached hydrogens (tertiary/aromatic N) is 3. The zero-order chi connectivity index (χ0) is 25.8. The molecule has 0 N–H and O–H groups in total. The van der Waals surface area contributed by atoms with E-state index in [2.05, 4.69) is 37.0 Å². The second-order valence-corrected chi connectivity index (χ2v) is 10.8. The van der Waals surface area contributed by atoms with Gasteiger partial charge in [-0.3, -0.25) is 4.79 Å². The fraction of sp³-hybridized carbons (Fsp3) is 0.385. The van der Waals surface area contributed by atoms with Crippen molar-refractivity contribution in [3.05, 3.63) is 66.0 Å². The van der Waals surface area contributed by atoms with Crippen molar-refractivity contribution < 1.29 is 14.3 Å². The second-order valence-electron chi connectivity index (χ2n) is 8.65. The summed E-state index contributed by atoms with van der Waals surface area (Å²) >= 11 is 13.4. The summed E-state index contributed by atoms with van der Waals surface area (Å²) in [6.07, 6.45) is 6.12. The minimum absolute atomic E-state index is 0.173. The summed E-state index contributed by atoms with van der Waals surface area (Å²) in [5.41, 5.74) is 1.10. The topological polar surface area (TPSA) is 82.8 Å². The summed E-state index contributed by atoms with van der Waals surface area (Å²) < 4.78 is 13.5. The summed E-state index contributed by atoms with van der Waals surface area (Å²) in [5.74, 6) is 0.703. The van der Waals surface area contributed by atoms with Gasteiger partial charge >= 0.3 is 5.97 Å². The first-order valence-electron chi connectivity index (χ1n) is 11.9. The maximum Gasteiger partial charge on any atom is 0.347 e. The molecule has 0 aliphatic heterocycles. The van der Waals surface area contributed by atoms with Crippen LogP contribution in [0.3, 0.4) is 0 Å². The number of halogens is 3. The van der Waals surface area contributed by atoms with E-state index in [1.165, 1.54) is 11.1 Å². The van der Waals surface area contributed by atoms with Crippen LogP contribution in [0.15, 0.2) is 49.2 Å². The van der Waals surface area contributed by atoms with E-state index in [4.69, 9.17) is 26.1 Å². The molecule has 3 aromatic rings. The van der Waals surface area contributed by atoms with Gasteiger partial charge in [0.25, 0.3) is 5.56 Å². The first-order valence-corrected chi connectivity index (χ1v) is 13.8. The molecule has 1 atom stereocenters. The predicted octanol–water partition coefficient (Wildman–Crippen LogP) is 6.84. The Morgan fingerprint density at radius 3 is 2.69 bits per heavy atom. The van der Waals surface area contributed by atoms with Gasteiger partial charge in [-0.2, -0.15) is 9.78 Å². The minimum atomic E-state index is -0.821. The molecule has 190 valence electrons. The van der Waals surface area contributed by atoms with Crippen LogP contribution in [0.4, 0.5) is 0 Å². The van der Waals surface area contributed by atoms with Crippen molar-refractivity contribution in [3.63, 3.8) is 0 Å². The molecule has 0 amide bonds. The van der Waals surface area contributed by atoms with E-state index in [9.17, 15) is 9.59 Å². The van der Waals surface area contributed by atoms with Gasteiger partial charge in [0.1, 0.15) is 5.82 Å². The zero-order valence-corrected chi connectivity index (χ0v) is 23.9. The van der Waals surface area contributed by atoms with E-state index >= 15 is 0 Å². The SMILES string of the molecule is CCOC(=O)[C@H](C)Oc1c(Cl)cc(C=Nn2c(C3CCCCC3)nc3ccc(Br)cc3c2=O)cc1Br. The molecule has 0 bridgehead atoms. The molecular weight excluding hydrogens is 614 g/mol. The number of rotatable bonds is 7. The van der Waals surface area contributed by atoms with Gasteiger partial charge in [0.05, 0.1) is 33.2 Å². The summed E-state index contributed by atoms with van der Waals surface area (Å²) in [6.45, 7) is 3.59. The maximum absolute atomic E-state index is 13.5. The molecule has 1 aliphatic carbocycles. The highest BCUT2D eigenvalue weighted by Crippen LogP contribution is 2.35. The van der Waals surface area contributed by atoms with Crippen LogP contribution in [0.1, 0.15) is 63.3 Å². The Labute approximate surface area is 231 Å². The van der Waals surface area contributed by atoms with E-state index in [-0.39, 0.29) is 18.1 Å². The van der Waals surface area contributed by atoms with E-state index in [1.807, 2.05) is 12.1 Å². The fourth-order valence-electron chi connectivity index (χ4n) is 4.28. The molecule has 1 aromatic heterocycles. The highest BCUT2D eigenvalue weighted by molar-refractivity contribution is 9.10. The second kappa shape index (κ2) is 11.9. The molecule has 7 nitrogen and oxygen atoms in total. The third-order valence-electron chi connectivity index (χ3n) is 6.06. The lowest BCUT2D eigenvalue weighted by Gasteiger charge is -2.22. The first-order chi connectivity index (χ1) is 17.3. The number of hydrogen-bond acceptors (Lipinski definition) is 6. The number of fused-ring (bicyclic) bond motifs is 1. The maximum atomic E-state index is 13.5. The third-order valence-corrected chi connectivity index (χ3v) is 7.42. The van der Waals surface area contributed by atoms with Crippen LogP contribution >= 0.6 is 43.5 Å². The standard InChI is InChI=1S/C26H26Br2ClN3O4/c1-3-35-26(34)15(2)36-23-20(28)11-16(12-21(23)29)14-30-32-24(17-7-5-4-6-8-17)31-22-10-9-18(27)13-19(22)25(32)33/h9-15,17H,3-8H2,1-2H3/t15-/m0/s1. The Morgan fingerprint density at radius 1 is 1.25 bits per heavy atom. The molecule has 1 fully saturated rings. The normalized spacial score (nSPS) is 15.4. The van der Waals surface area contributed by atoms with Crippen LogP contribution in [-0.2, 0) is 9.53 Å². The molecule has 2 aromatic carbocycles. The van der Waals surface area contributed by atoms with Gasteiger partial charge in [-0.15, -0.1) is 0 Å². The predicted molar refractivity (Wildman–Crippen MR) is 148 cm³/mol. The summed E-state index contributed by atoms with van der Waals surface area (Å²) in [7, 11) is 0. The van der Waals surface area contributed by atoms with Crippen molar-refractivity contribution in [2.24, 2.45) is 5.10 Å². The minimum Gasteiger partial charge on any atom is -0.476 e. The largest absolute Gasteiger partial charge is 0.476 e. The molecule has 4 rings (SSSR count). The molecule has 0 radical (unpaired) electrons. The molecule has 0 unspecified atom stereocenters. The number of carbonyl (C=O) groups is 1. The van der Waals surface area contributed by atoms with E-state index in [0.29, 0.717) is 37.5 Å². The average Bonchev–Trinajstić information content (AvgIpc) is 2.86. The molecule has 0 spiro atoms. The number of ether oxygens (including phenoxy) is 2. The number of esters is 1. The van der Waals surface area contributed by atoms with Crippen LogP contribution in [0.25, 0.3) is 10.9 Å². The molecule has 1 heterocycles. The Hall–Kier alpha value is -2.23.